The summed E-state index contributed by atoms with van der Waals surface area (Å²) in [6.45, 7) is 6.93. The zero-order valence-electron chi connectivity index (χ0n) is 14.2. The lowest BCUT2D eigenvalue weighted by molar-refractivity contribution is -0.131. The second-order valence-corrected chi connectivity index (χ2v) is 6.56. The minimum atomic E-state index is 0. The molecule has 8 heteroatoms. The first kappa shape index (κ1) is 22.1. The van der Waals surface area contributed by atoms with Crippen LogP contribution in [0.15, 0.2) is 40.9 Å². The Hall–Kier alpha value is -0.990. The molecule has 1 heterocycles. The summed E-state index contributed by atoms with van der Waals surface area (Å²) in [5, 5.41) is 4.34. The lowest BCUT2D eigenvalue weighted by Gasteiger charge is -2.36. The lowest BCUT2D eigenvalue weighted by Crippen LogP contribution is -2.54. The van der Waals surface area contributed by atoms with Crippen LogP contribution in [-0.2, 0) is 11.2 Å². The highest BCUT2D eigenvalue weighted by molar-refractivity contribution is 14.0. The van der Waals surface area contributed by atoms with E-state index < -0.39 is 0 Å². The number of nitrogens with zero attached hydrogens (tertiary/aromatic N) is 3. The van der Waals surface area contributed by atoms with Gasteiger partial charge in [0, 0.05) is 43.3 Å². The van der Waals surface area contributed by atoms with Gasteiger partial charge >= 0.3 is 0 Å². The molecule has 2 rings (SSSR count). The first-order valence-electron chi connectivity index (χ1n) is 7.80. The van der Waals surface area contributed by atoms with Crippen molar-refractivity contribution in [3.8, 4) is 0 Å². The van der Waals surface area contributed by atoms with E-state index >= 15 is 0 Å². The van der Waals surface area contributed by atoms with Gasteiger partial charge in [0.1, 0.15) is 0 Å². The van der Waals surface area contributed by atoms with Crippen molar-refractivity contribution in [2.75, 3.05) is 39.8 Å². The minimum Gasteiger partial charge on any atom is -0.351 e. The summed E-state index contributed by atoms with van der Waals surface area (Å²) in [6.07, 6.45) is 0.375. The Labute approximate surface area is 176 Å². The molecule has 1 amide bonds. The highest BCUT2D eigenvalue weighted by Gasteiger charge is 2.23. The summed E-state index contributed by atoms with van der Waals surface area (Å²) < 4.78 is 0. The number of halogens is 3. The number of rotatable bonds is 4. The van der Waals surface area contributed by atoms with E-state index in [1.807, 2.05) is 29.2 Å². The fourth-order valence-electron chi connectivity index (χ4n) is 2.61. The molecule has 0 bridgehead atoms. The van der Waals surface area contributed by atoms with Crippen LogP contribution in [0.5, 0.6) is 0 Å². The fraction of sp³-hybridized carbons (Fsp3) is 0.412. The van der Waals surface area contributed by atoms with Crippen LogP contribution >= 0.6 is 47.2 Å². The Morgan fingerprint density at radius 3 is 2.48 bits per heavy atom. The van der Waals surface area contributed by atoms with E-state index in [0.29, 0.717) is 36.1 Å². The summed E-state index contributed by atoms with van der Waals surface area (Å²) in [6, 6.07) is 7.43. The molecule has 0 spiro atoms. The monoisotopic (exact) mass is 496 g/mol. The average molecular weight is 497 g/mol. The molecular formula is C17H23Cl2IN4O. The molecule has 1 aliphatic rings. The van der Waals surface area contributed by atoms with Gasteiger partial charge in [-0.15, -0.1) is 24.0 Å². The second kappa shape index (κ2) is 10.9. The van der Waals surface area contributed by atoms with Crippen molar-refractivity contribution in [3.63, 3.8) is 0 Å². The van der Waals surface area contributed by atoms with Gasteiger partial charge in [-0.2, -0.15) is 0 Å². The average Bonchev–Trinajstić information content (AvgIpc) is 2.55. The highest BCUT2D eigenvalue weighted by Crippen LogP contribution is 2.13. The lowest BCUT2D eigenvalue weighted by atomic mass is 10.1. The van der Waals surface area contributed by atoms with Gasteiger partial charge < -0.3 is 15.1 Å². The largest absolute Gasteiger partial charge is 0.351 e. The van der Waals surface area contributed by atoms with Crippen LogP contribution in [-0.4, -0.2) is 61.4 Å². The van der Waals surface area contributed by atoms with E-state index in [4.69, 9.17) is 23.2 Å². The number of amides is 1. The maximum absolute atomic E-state index is 12.4. The molecule has 1 aromatic rings. The van der Waals surface area contributed by atoms with Gasteiger partial charge in [-0.05, 0) is 17.7 Å². The number of carbonyl (C=O) groups is 1. The van der Waals surface area contributed by atoms with Crippen molar-refractivity contribution < 1.29 is 4.79 Å². The molecule has 1 saturated heterocycles. The van der Waals surface area contributed by atoms with Crippen molar-refractivity contribution in [1.29, 1.82) is 0 Å². The Morgan fingerprint density at radius 2 is 1.92 bits per heavy atom. The Bertz CT molecular complexity index is 631. The molecule has 0 radical (unpaired) electrons. The third-order valence-corrected chi connectivity index (χ3v) is 4.20. The standard InChI is InChI=1S/C17H22Cl2N4O.HI/c1-13(18)12-21-17(20-2)23-8-6-22(7-9-23)16(24)11-14-4-3-5-15(19)10-14;/h3-5,10H,1,6-9,11-12H2,2H3,(H,20,21);1H. The van der Waals surface area contributed by atoms with Crippen molar-refractivity contribution in [2.45, 2.75) is 6.42 Å². The summed E-state index contributed by atoms with van der Waals surface area (Å²) in [4.78, 5) is 20.7. The fourth-order valence-corrected chi connectivity index (χ4v) is 2.89. The van der Waals surface area contributed by atoms with Crippen LogP contribution in [0.1, 0.15) is 5.56 Å². The molecule has 138 valence electrons. The van der Waals surface area contributed by atoms with Crippen LogP contribution in [0.4, 0.5) is 0 Å². The molecule has 0 aliphatic carbocycles. The van der Waals surface area contributed by atoms with E-state index in [1.54, 1.807) is 7.05 Å². The smallest absolute Gasteiger partial charge is 0.227 e. The van der Waals surface area contributed by atoms with Gasteiger partial charge in [-0.25, -0.2) is 0 Å². The maximum atomic E-state index is 12.4. The van der Waals surface area contributed by atoms with Gasteiger partial charge in [-0.1, -0.05) is 41.9 Å². The normalized spacial score (nSPS) is 14.8. The first-order valence-corrected chi connectivity index (χ1v) is 8.56. The third kappa shape index (κ3) is 7.03. The van der Waals surface area contributed by atoms with Crippen LogP contribution < -0.4 is 5.32 Å². The number of aliphatic imine (C=N–C) groups is 1. The summed E-state index contributed by atoms with van der Waals surface area (Å²) in [7, 11) is 1.73. The van der Waals surface area contributed by atoms with Crippen LogP contribution in [0.3, 0.4) is 0 Å². The number of benzene rings is 1. The van der Waals surface area contributed by atoms with Gasteiger partial charge in [0.25, 0.3) is 0 Å². The molecule has 0 atom stereocenters. The quantitative estimate of drug-likeness (QED) is 0.396. The van der Waals surface area contributed by atoms with E-state index in [1.165, 1.54) is 0 Å². The van der Waals surface area contributed by atoms with Crippen LogP contribution in [0, 0.1) is 0 Å². The molecule has 1 aromatic carbocycles. The zero-order chi connectivity index (χ0) is 17.5. The molecule has 1 fully saturated rings. The zero-order valence-corrected chi connectivity index (χ0v) is 18.0. The number of hydrogen-bond donors (Lipinski definition) is 1. The van der Waals surface area contributed by atoms with Gasteiger partial charge in [-0.3, -0.25) is 9.79 Å². The number of carbonyl (C=O) groups excluding carboxylic acids is 1. The first-order chi connectivity index (χ1) is 11.5. The van der Waals surface area contributed by atoms with Crippen molar-refractivity contribution in [2.24, 2.45) is 4.99 Å². The predicted octanol–water partition coefficient (Wildman–Crippen LogP) is 2.97. The van der Waals surface area contributed by atoms with Crippen LogP contribution in [0.25, 0.3) is 0 Å². The second-order valence-electron chi connectivity index (χ2n) is 5.59. The van der Waals surface area contributed by atoms with Gasteiger partial charge in [0.15, 0.2) is 5.96 Å². The number of hydrogen-bond acceptors (Lipinski definition) is 2. The molecular weight excluding hydrogens is 474 g/mol. The molecule has 1 N–H and O–H groups in total. The molecule has 0 aromatic heterocycles. The number of nitrogens with one attached hydrogen (secondary N) is 1. The minimum absolute atomic E-state index is 0. The highest BCUT2D eigenvalue weighted by atomic mass is 127. The maximum Gasteiger partial charge on any atom is 0.227 e. The molecule has 1 aliphatic heterocycles. The Balaban J connectivity index is 0.00000312. The topological polar surface area (TPSA) is 47.9 Å². The number of guanidine groups is 1. The van der Waals surface area contributed by atoms with Gasteiger partial charge in [0.05, 0.1) is 13.0 Å². The van der Waals surface area contributed by atoms with E-state index in [2.05, 4.69) is 21.8 Å². The van der Waals surface area contributed by atoms with Crippen molar-refractivity contribution in [1.82, 2.24) is 15.1 Å². The number of piperazine rings is 1. The predicted molar refractivity (Wildman–Crippen MR) is 115 cm³/mol. The summed E-state index contributed by atoms with van der Waals surface area (Å²) in [5.74, 6) is 0.896. The molecule has 0 saturated carbocycles. The van der Waals surface area contributed by atoms with E-state index in [-0.39, 0.29) is 29.9 Å². The summed E-state index contributed by atoms with van der Waals surface area (Å²) in [5.41, 5.74) is 0.938. The van der Waals surface area contributed by atoms with Crippen LogP contribution in [0.2, 0.25) is 5.02 Å². The molecule has 25 heavy (non-hydrogen) atoms. The Morgan fingerprint density at radius 1 is 1.28 bits per heavy atom. The SMILES string of the molecule is C=C(Cl)CNC(=NC)N1CCN(C(=O)Cc2cccc(Cl)c2)CC1.I. The Kier molecular flexibility index (Phi) is 9.60. The van der Waals surface area contributed by atoms with Gasteiger partial charge in [0.2, 0.25) is 5.91 Å². The van der Waals surface area contributed by atoms with E-state index in [9.17, 15) is 4.79 Å². The molecule has 5 nitrogen and oxygen atoms in total. The van der Waals surface area contributed by atoms with E-state index in [0.717, 1.165) is 24.6 Å². The molecule has 0 unspecified atom stereocenters. The summed E-state index contributed by atoms with van der Waals surface area (Å²) >= 11 is 11.7. The van der Waals surface area contributed by atoms with Crippen molar-refractivity contribution in [3.05, 3.63) is 46.5 Å². The van der Waals surface area contributed by atoms with Crippen molar-refractivity contribution >= 4 is 59.0 Å². The third-order valence-electron chi connectivity index (χ3n) is 3.83.